The lowest BCUT2D eigenvalue weighted by Gasteiger charge is -2.17. The Morgan fingerprint density at radius 1 is 0.667 bits per heavy atom. The van der Waals surface area contributed by atoms with Gasteiger partial charge in [0.25, 0.3) is 0 Å². The molecular formula is C35H70N10O6. The third-order valence-electron chi connectivity index (χ3n) is 9.67. The molecule has 6 rings (SSSR count). The van der Waals surface area contributed by atoms with E-state index in [0.717, 1.165) is 127 Å². The number of hydrogen-bond acceptors (Lipinski definition) is 14. The van der Waals surface area contributed by atoms with E-state index >= 15 is 0 Å². The molecule has 5 saturated carbocycles. The first kappa shape index (κ1) is 46.3. The van der Waals surface area contributed by atoms with Crippen molar-refractivity contribution in [1.82, 2.24) is 4.90 Å². The maximum atomic E-state index is 10.6. The van der Waals surface area contributed by atoms with Crippen molar-refractivity contribution >= 4 is 29.0 Å². The summed E-state index contributed by atoms with van der Waals surface area (Å²) in [6.45, 7) is 1.34. The normalized spacial score (nSPS) is 29.1. The van der Waals surface area contributed by atoms with E-state index in [9.17, 15) is 14.4 Å². The van der Waals surface area contributed by atoms with Gasteiger partial charge in [-0.25, -0.2) is 4.79 Å². The molecule has 0 aromatic carbocycles. The van der Waals surface area contributed by atoms with E-state index in [1.807, 2.05) is 0 Å². The van der Waals surface area contributed by atoms with E-state index < -0.39 is 0 Å². The molecule has 4 unspecified atom stereocenters. The van der Waals surface area contributed by atoms with Crippen LogP contribution in [0.3, 0.4) is 0 Å². The summed E-state index contributed by atoms with van der Waals surface area (Å²) in [5, 5.41) is 24.2. The van der Waals surface area contributed by atoms with Crippen LogP contribution in [0.4, 0.5) is 4.79 Å². The van der Waals surface area contributed by atoms with Gasteiger partial charge in [0.1, 0.15) is 18.7 Å². The van der Waals surface area contributed by atoms with Gasteiger partial charge >= 0.3 is 6.03 Å². The highest BCUT2D eigenvalue weighted by atomic mass is 16.6. The van der Waals surface area contributed by atoms with Crippen LogP contribution in [0, 0.1) is 0 Å². The molecule has 5 aliphatic carbocycles. The highest BCUT2D eigenvalue weighted by Crippen LogP contribution is 2.17. The minimum Gasteiger partial charge on any atom is -0.411 e. The number of rotatable bonds is 1. The molecule has 0 aromatic heterocycles. The van der Waals surface area contributed by atoms with Crippen molar-refractivity contribution in [3.63, 3.8) is 0 Å². The molecule has 2 amide bonds. The minimum absolute atomic E-state index is 0.102. The van der Waals surface area contributed by atoms with Gasteiger partial charge in [-0.2, -0.15) is 0 Å². The van der Waals surface area contributed by atoms with Gasteiger partial charge in [0.05, 0.1) is 17.5 Å². The summed E-state index contributed by atoms with van der Waals surface area (Å²) in [5.74, 6) is 0.718. The van der Waals surface area contributed by atoms with Crippen molar-refractivity contribution in [2.24, 2.45) is 50.4 Å². The molecule has 6 fully saturated rings. The summed E-state index contributed by atoms with van der Waals surface area (Å²) in [7, 11) is 1.58. The summed E-state index contributed by atoms with van der Waals surface area (Å²) in [5.41, 5.74) is 40.4. The van der Waals surface area contributed by atoms with Crippen LogP contribution in [0.15, 0.2) is 10.3 Å². The Hall–Kier alpha value is -2.73. The SMILES string of the molecule is CON=C1CCC(N)CC1.NC(=O)N1CCC(N)C1.NC1CCC(=NO)CC1.NC1CCC(=O)CC1.NC1CCC(O)C1.NC1CCCC(=O)C1. The molecule has 4 atom stereocenters. The Kier molecular flexibility index (Phi) is 24.5. The number of aliphatic hydroxyl groups excluding tert-OH is 1. The lowest BCUT2D eigenvalue weighted by molar-refractivity contribution is -0.121. The number of primary amides is 1. The second-order valence-electron chi connectivity index (χ2n) is 14.5. The third kappa shape index (κ3) is 23.5. The zero-order chi connectivity index (χ0) is 38.2. The summed E-state index contributed by atoms with van der Waals surface area (Å²) in [6, 6.07) is 1.23. The molecule has 0 spiro atoms. The maximum Gasteiger partial charge on any atom is 0.314 e. The van der Waals surface area contributed by atoms with E-state index in [4.69, 9.17) is 50.4 Å². The van der Waals surface area contributed by atoms with Gasteiger partial charge in [0.15, 0.2) is 0 Å². The molecule has 16 N–H and O–H groups in total. The van der Waals surface area contributed by atoms with Crippen molar-refractivity contribution in [2.75, 3.05) is 20.2 Å². The van der Waals surface area contributed by atoms with Crippen LogP contribution >= 0.6 is 0 Å². The highest BCUT2D eigenvalue weighted by molar-refractivity contribution is 5.85. The maximum absolute atomic E-state index is 10.6. The van der Waals surface area contributed by atoms with Gasteiger partial charge in [-0.15, -0.1) is 0 Å². The van der Waals surface area contributed by atoms with Crippen LogP contribution in [-0.2, 0) is 14.4 Å². The van der Waals surface area contributed by atoms with Crippen molar-refractivity contribution in [2.45, 2.75) is 171 Å². The number of oxime groups is 2. The second kappa shape index (κ2) is 27.0. The number of hydrogen-bond donors (Lipinski definition) is 9. The molecule has 1 saturated heterocycles. The Morgan fingerprint density at radius 3 is 1.49 bits per heavy atom. The summed E-state index contributed by atoms with van der Waals surface area (Å²) in [4.78, 5) is 37.8. The van der Waals surface area contributed by atoms with Gasteiger partial charge in [0, 0.05) is 75.0 Å². The number of nitrogens with two attached hydrogens (primary N) is 7. The predicted octanol–water partition coefficient (Wildman–Crippen LogP) is 1.48. The van der Waals surface area contributed by atoms with Crippen molar-refractivity contribution < 1.29 is 29.5 Å². The Morgan fingerprint density at radius 2 is 1.20 bits per heavy atom. The number of aliphatic hydroxyl groups is 1. The van der Waals surface area contributed by atoms with Gasteiger partial charge in [-0.1, -0.05) is 10.3 Å². The molecule has 0 radical (unpaired) electrons. The lowest BCUT2D eigenvalue weighted by Crippen LogP contribution is -2.35. The number of urea groups is 1. The van der Waals surface area contributed by atoms with Gasteiger partial charge in [0.2, 0.25) is 0 Å². The molecule has 6 aliphatic rings. The Labute approximate surface area is 304 Å². The Bertz CT molecular complexity index is 1030. The van der Waals surface area contributed by atoms with Gasteiger partial charge < -0.3 is 60.2 Å². The summed E-state index contributed by atoms with van der Waals surface area (Å²) < 4.78 is 0. The number of ketones is 2. The summed E-state index contributed by atoms with van der Waals surface area (Å²) in [6.07, 6.45) is 17.9. The van der Waals surface area contributed by atoms with E-state index in [-0.39, 0.29) is 30.3 Å². The number of likely N-dealkylation sites (tertiary alicyclic amines) is 1. The first-order chi connectivity index (χ1) is 24.2. The van der Waals surface area contributed by atoms with Crippen molar-refractivity contribution in [3.8, 4) is 0 Å². The van der Waals surface area contributed by atoms with Crippen LogP contribution in [0.5, 0.6) is 0 Å². The zero-order valence-corrected chi connectivity index (χ0v) is 31.0. The lowest BCUT2D eigenvalue weighted by atomic mass is 9.95. The molecule has 51 heavy (non-hydrogen) atoms. The van der Waals surface area contributed by atoms with E-state index in [1.54, 1.807) is 12.0 Å². The largest absolute Gasteiger partial charge is 0.411 e. The molecule has 1 heterocycles. The molecule has 16 heteroatoms. The number of carbonyl (C=O) groups is 3. The van der Waals surface area contributed by atoms with Crippen molar-refractivity contribution in [1.29, 1.82) is 0 Å². The van der Waals surface area contributed by atoms with Crippen LogP contribution in [0.1, 0.15) is 128 Å². The fourth-order valence-electron chi connectivity index (χ4n) is 6.27. The van der Waals surface area contributed by atoms with E-state index in [0.29, 0.717) is 55.5 Å². The molecule has 16 nitrogen and oxygen atoms in total. The molecule has 296 valence electrons. The standard InChI is InChI=1S/C7H14N2O.C6H12N2O.2C6H11NO.C5H11N3O.C5H11NO/c1-10-9-7-4-2-6(8)3-5-7;7-5-1-3-6(8-9)4-2-5;7-5-1-3-6(8)4-2-5;7-5-2-1-3-6(8)4-5;6-4-1-2-8(3-4)5(7)9;6-4-1-2-5(7)3-4/h6H,2-5,8H2,1H3;5,9H,1-4,7H2;2*5H,1-4,7H2;4H,1-3,6H2,(H2,7,9);4-5,7H,1-3,6H2. The molecular weight excluding hydrogens is 656 g/mol. The average molecular weight is 727 g/mol. The zero-order valence-electron chi connectivity index (χ0n) is 31.0. The van der Waals surface area contributed by atoms with E-state index in [2.05, 4.69) is 15.1 Å². The topological polar surface area (TPSA) is 311 Å². The van der Waals surface area contributed by atoms with Crippen LogP contribution < -0.4 is 40.1 Å². The number of carbonyl (C=O) groups excluding carboxylic acids is 3. The molecule has 0 bridgehead atoms. The monoisotopic (exact) mass is 727 g/mol. The quantitative estimate of drug-likeness (QED) is 0.137. The Balaban J connectivity index is 0.000000307. The minimum atomic E-state index is -0.358. The average Bonchev–Trinajstić information content (AvgIpc) is 3.72. The number of nitrogens with zero attached hydrogens (tertiary/aromatic N) is 3. The predicted molar refractivity (Wildman–Crippen MR) is 201 cm³/mol. The van der Waals surface area contributed by atoms with Gasteiger partial charge in [-0.05, 0) is 103 Å². The van der Waals surface area contributed by atoms with Crippen LogP contribution in [0.25, 0.3) is 0 Å². The fourth-order valence-corrected chi connectivity index (χ4v) is 6.27. The van der Waals surface area contributed by atoms with Crippen LogP contribution in [-0.4, -0.2) is 107 Å². The number of amides is 2. The first-order valence-corrected chi connectivity index (χ1v) is 18.8. The van der Waals surface area contributed by atoms with Crippen molar-refractivity contribution in [3.05, 3.63) is 0 Å². The molecule has 0 aromatic rings. The second-order valence-corrected chi connectivity index (χ2v) is 14.5. The van der Waals surface area contributed by atoms with Gasteiger partial charge in [-0.3, -0.25) is 9.59 Å². The van der Waals surface area contributed by atoms with E-state index in [1.165, 1.54) is 0 Å². The first-order valence-electron chi connectivity index (χ1n) is 18.8. The van der Waals surface area contributed by atoms with Crippen LogP contribution in [0.2, 0.25) is 0 Å². The highest BCUT2D eigenvalue weighted by Gasteiger charge is 2.21. The fraction of sp³-hybridized carbons (Fsp3) is 0.857. The summed E-state index contributed by atoms with van der Waals surface area (Å²) >= 11 is 0. The smallest absolute Gasteiger partial charge is 0.314 e. The third-order valence-corrected chi connectivity index (χ3v) is 9.67. The number of Topliss-reactive ketones (excluding diaryl/α,β-unsaturated/α-hetero) is 2. The molecule has 1 aliphatic heterocycles.